The number of unbranched alkanes of at least 4 members (excludes halogenated alkanes) is 3. The summed E-state index contributed by atoms with van der Waals surface area (Å²) in [5.41, 5.74) is -1.07. The highest BCUT2D eigenvalue weighted by Crippen LogP contribution is 2.35. The van der Waals surface area contributed by atoms with E-state index >= 15 is 0 Å². The summed E-state index contributed by atoms with van der Waals surface area (Å²) in [5, 5.41) is 37.9. The maximum Gasteiger partial charge on any atom is 0.325 e. The van der Waals surface area contributed by atoms with Crippen LogP contribution in [0.3, 0.4) is 0 Å². The predicted octanol–water partition coefficient (Wildman–Crippen LogP) is -2.04. The molecule has 0 aromatic carbocycles. The Bertz CT molecular complexity index is 742. The van der Waals surface area contributed by atoms with Gasteiger partial charge in [0.2, 0.25) is 0 Å². The van der Waals surface area contributed by atoms with Gasteiger partial charge in [0.05, 0.1) is 12.7 Å². The number of rotatable bonds is 12. The number of aromatic amines is 2. The molecule has 0 saturated carbocycles. The Balaban J connectivity index is 2.73. The van der Waals surface area contributed by atoms with E-state index < -0.39 is 43.8 Å². The van der Waals surface area contributed by atoms with E-state index in [1.807, 2.05) is 0 Å². The minimum atomic E-state index is -4.01. The molecule has 0 bridgehead atoms. The SMILES string of the molecule is O=c1[nH]c(C[C@H](O)[C@H](O)[C@H](O)CO)c(CCCCCCP(=O)(O)O)c(=O)[nH]1. The van der Waals surface area contributed by atoms with E-state index in [1.165, 1.54) is 0 Å². The molecule has 1 aromatic heterocycles. The summed E-state index contributed by atoms with van der Waals surface area (Å²) >= 11 is 0. The monoisotopic (exact) mass is 410 g/mol. The van der Waals surface area contributed by atoms with E-state index in [0.29, 0.717) is 25.7 Å². The van der Waals surface area contributed by atoms with E-state index in [9.17, 15) is 29.5 Å². The Kier molecular flexibility index (Phi) is 9.54. The third-order valence-electron chi connectivity index (χ3n) is 4.14. The molecule has 0 aliphatic carbocycles. The third kappa shape index (κ3) is 8.48. The average molecular weight is 410 g/mol. The lowest BCUT2D eigenvalue weighted by atomic mass is 9.99. The van der Waals surface area contributed by atoms with Gasteiger partial charge in [-0.05, 0) is 19.3 Å². The maximum absolute atomic E-state index is 12.0. The van der Waals surface area contributed by atoms with Crippen LogP contribution in [0.4, 0.5) is 0 Å². The average Bonchev–Trinajstić information content (AvgIpc) is 2.57. The highest BCUT2D eigenvalue weighted by atomic mass is 31.2. The summed E-state index contributed by atoms with van der Waals surface area (Å²) in [4.78, 5) is 45.6. The van der Waals surface area contributed by atoms with Gasteiger partial charge >= 0.3 is 13.3 Å². The number of hydrogen-bond acceptors (Lipinski definition) is 7. The molecule has 0 amide bonds. The molecule has 0 aliphatic rings. The molecule has 1 heterocycles. The van der Waals surface area contributed by atoms with Crippen LogP contribution < -0.4 is 11.2 Å². The fraction of sp³-hybridized carbons (Fsp3) is 0.733. The number of H-pyrrole nitrogens is 2. The lowest BCUT2D eigenvalue weighted by Gasteiger charge is -2.22. The van der Waals surface area contributed by atoms with Gasteiger partial charge in [0.1, 0.15) is 12.2 Å². The fourth-order valence-corrected chi connectivity index (χ4v) is 3.30. The lowest BCUT2D eigenvalue weighted by molar-refractivity contribution is -0.0758. The predicted molar refractivity (Wildman–Crippen MR) is 95.6 cm³/mol. The molecule has 0 spiro atoms. The topological polar surface area (TPSA) is 204 Å². The highest BCUT2D eigenvalue weighted by molar-refractivity contribution is 7.51. The first-order valence-electron chi connectivity index (χ1n) is 8.59. The summed E-state index contributed by atoms with van der Waals surface area (Å²) in [6.07, 6.45) is -2.94. The first kappa shape index (κ1) is 23.7. The lowest BCUT2D eigenvalue weighted by Crippen LogP contribution is -2.41. The second kappa shape index (κ2) is 10.9. The number of aliphatic hydroxyl groups is 4. The number of nitrogens with one attached hydrogen (secondary N) is 2. The molecule has 0 unspecified atom stereocenters. The van der Waals surface area contributed by atoms with Crippen molar-refractivity contribution in [3.63, 3.8) is 0 Å². The molecule has 0 radical (unpaired) electrons. The molecule has 156 valence electrons. The number of hydrogen-bond donors (Lipinski definition) is 8. The van der Waals surface area contributed by atoms with Gasteiger partial charge in [0, 0.05) is 23.8 Å². The third-order valence-corrected chi connectivity index (χ3v) is 5.04. The van der Waals surface area contributed by atoms with E-state index in [4.69, 9.17) is 14.9 Å². The van der Waals surface area contributed by atoms with Gasteiger partial charge in [-0.25, -0.2) is 4.79 Å². The van der Waals surface area contributed by atoms with Crippen LogP contribution in [0.5, 0.6) is 0 Å². The molecule has 11 nitrogen and oxygen atoms in total. The molecule has 1 aromatic rings. The van der Waals surface area contributed by atoms with Gasteiger partial charge in [-0.2, -0.15) is 0 Å². The zero-order valence-corrected chi connectivity index (χ0v) is 15.6. The Labute approximate surface area is 154 Å². The van der Waals surface area contributed by atoms with Gasteiger partial charge in [0.15, 0.2) is 0 Å². The van der Waals surface area contributed by atoms with Crippen LogP contribution in [-0.4, -0.2) is 71.3 Å². The molecule has 0 aliphatic heterocycles. The van der Waals surface area contributed by atoms with Crippen LogP contribution in [-0.2, 0) is 17.4 Å². The molecular formula is C15H27N2O9P. The standard InChI is InChI=1S/C15H27N2O9P/c18-8-12(20)13(21)11(19)7-10-9(14(22)17-15(23)16-10)5-3-1-2-4-6-27(24,25)26/h11-13,18-21H,1-8H2,(H2,24,25,26)(H2,16,17,22,23)/t11-,12+,13-/m0/s1. The second-order valence-corrected chi connectivity index (χ2v) is 8.21. The zero-order chi connectivity index (χ0) is 20.6. The van der Waals surface area contributed by atoms with Crippen LogP contribution in [0.25, 0.3) is 0 Å². The van der Waals surface area contributed by atoms with Crippen molar-refractivity contribution in [3.8, 4) is 0 Å². The molecule has 0 fully saturated rings. The quantitative estimate of drug-likeness (QED) is 0.141. The Morgan fingerprint density at radius 1 is 0.926 bits per heavy atom. The highest BCUT2D eigenvalue weighted by Gasteiger charge is 2.26. The van der Waals surface area contributed by atoms with Crippen molar-refractivity contribution >= 4 is 7.60 Å². The zero-order valence-electron chi connectivity index (χ0n) is 14.7. The van der Waals surface area contributed by atoms with E-state index in [1.54, 1.807) is 0 Å². The van der Waals surface area contributed by atoms with Gasteiger partial charge in [-0.15, -0.1) is 0 Å². The van der Waals surface area contributed by atoms with Crippen molar-refractivity contribution in [1.82, 2.24) is 9.97 Å². The first-order chi connectivity index (χ1) is 12.5. The normalized spacial score (nSPS) is 15.5. The van der Waals surface area contributed by atoms with Gasteiger partial charge < -0.3 is 35.2 Å². The minimum Gasteiger partial charge on any atom is -0.394 e. The van der Waals surface area contributed by atoms with Crippen LogP contribution in [0, 0.1) is 0 Å². The van der Waals surface area contributed by atoms with Gasteiger partial charge in [-0.3, -0.25) is 14.3 Å². The minimum absolute atomic E-state index is 0.121. The molecule has 3 atom stereocenters. The van der Waals surface area contributed by atoms with Crippen molar-refractivity contribution in [2.75, 3.05) is 12.8 Å². The number of aliphatic hydroxyl groups excluding tert-OH is 4. The molecule has 12 heteroatoms. The summed E-state index contributed by atoms with van der Waals surface area (Å²) in [5.74, 6) is 0. The molecule has 8 N–H and O–H groups in total. The van der Waals surface area contributed by atoms with Crippen LogP contribution in [0.15, 0.2) is 9.59 Å². The van der Waals surface area contributed by atoms with Crippen molar-refractivity contribution in [2.45, 2.75) is 56.8 Å². The van der Waals surface area contributed by atoms with E-state index in [2.05, 4.69) is 9.97 Å². The van der Waals surface area contributed by atoms with E-state index in [-0.39, 0.29) is 30.3 Å². The Morgan fingerprint density at radius 3 is 2.15 bits per heavy atom. The fourth-order valence-electron chi connectivity index (χ4n) is 2.67. The van der Waals surface area contributed by atoms with Crippen LogP contribution in [0.1, 0.15) is 36.9 Å². The van der Waals surface area contributed by atoms with Gasteiger partial charge in [0.25, 0.3) is 5.56 Å². The maximum atomic E-state index is 12.0. The largest absolute Gasteiger partial charge is 0.394 e. The molecular weight excluding hydrogens is 383 g/mol. The van der Waals surface area contributed by atoms with Crippen LogP contribution >= 0.6 is 7.60 Å². The van der Waals surface area contributed by atoms with Crippen molar-refractivity contribution in [1.29, 1.82) is 0 Å². The summed E-state index contributed by atoms with van der Waals surface area (Å²) < 4.78 is 10.8. The summed E-state index contributed by atoms with van der Waals surface area (Å²) in [6, 6.07) is 0. The first-order valence-corrected chi connectivity index (χ1v) is 10.4. The smallest absolute Gasteiger partial charge is 0.325 e. The van der Waals surface area contributed by atoms with Crippen molar-refractivity contribution in [2.24, 2.45) is 0 Å². The van der Waals surface area contributed by atoms with Crippen LogP contribution in [0.2, 0.25) is 0 Å². The van der Waals surface area contributed by atoms with Crippen molar-refractivity contribution in [3.05, 3.63) is 32.1 Å². The van der Waals surface area contributed by atoms with Gasteiger partial charge in [-0.1, -0.05) is 12.8 Å². The summed E-state index contributed by atoms with van der Waals surface area (Å²) in [6.45, 7) is -0.758. The molecule has 0 saturated heterocycles. The summed E-state index contributed by atoms with van der Waals surface area (Å²) in [7, 11) is -4.01. The Hall–Kier alpha value is -1.33. The van der Waals surface area contributed by atoms with E-state index in [0.717, 1.165) is 0 Å². The molecule has 27 heavy (non-hydrogen) atoms. The number of aromatic nitrogens is 2. The van der Waals surface area contributed by atoms with Crippen molar-refractivity contribution < 1.29 is 34.8 Å². The second-order valence-electron chi connectivity index (χ2n) is 6.43. The molecule has 1 rings (SSSR count). The Morgan fingerprint density at radius 2 is 1.56 bits per heavy atom.